The summed E-state index contributed by atoms with van der Waals surface area (Å²) < 4.78 is 38.0. The average molecular weight is 297 g/mol. The molecule has 1 fully saturated rings. The highest BCUT2D eigenvalue weighted by Crippen LogP contribution is 2.30. The molecular weight excluding hydrogens is 278 g/mol. The maximum absolute atomic E-state index is 12.8. The van der Waals surface area contributed by atoms with Crippen molar-refractivity contribution in [2.45, 2.75) is 37.3 Å². The zero-order chi connectivity index (χ0) is 14.3. The molecule has 3 rings (SSSR count). The summed E-state index contributed by atoms with van der Waals surface area (Å²) >= 11 is 0. The van der Waals surface area contributed by atoms with Crippen molar-refractivity contribution in [1.82, 2.24) is 4.31 Å². The molecule has 1 aromatic carbocycles. The summed E-state index contributed by atoms with van der Waals surface area (Å²) in [6, 6.07) is 4.99. The van der Waals surface area contributed by atoms with Crippen molar-refractivity contribution in [2.24, 2.45) is 0 Å². The van der Waals surface area contributed by atoms with Crippen LogP contribution >= 0.6 is 0 Å². The predicted octanol–water partition coefficient (Wildman–Crippen LogP) is 1.42. The molecule has 2 atom stereocenters. The van der Waals surface area contributed by atoms with Gasteiger partial charge in [-0.3, -0.25) is 0 Å². The van der Waals surface area contributed by atoms with Crippen LogP contribution in [0.15, 0.2) is 23.1 Å². The van der Waals surface area contributed by atoms with Crippen LogP contribution in [0, 0.1) is 0 Å². The van der Waals surface area contributed by atoms with Gasteiger partial charge in [0, 0.05) is 19.0 Å². The van der Waals surface area contributed by atoms with E-state index in [1.807, 2.05) is 13.8 Å². The molecule has 6 heteroatoms. The fraction of sp³-hybridized carbons (Fsp3) is 0.571. The molecule has 0 saturated carbocycles. The summed E-state index contributed by atoms with van der Waals surface area (Å²) in [4.78, 5) is 0.350. The molecule has 0 unspecified atom stereocenters. The normalized spacial score (nSPS) is 27.1. The van der Waals surface area contributed by atoms with Crippen molar-refractivity contribution in [3.63, 3.8) is 0 Å². The van der Waals surface area contributed by atoms with E-state index in [1.165, 1.54) is 0 Å². The number of nitrogens with zero attached hydrogens (tertiary/aromatic N) is 1. The lowest BCUT2D eigenvalue weighted by molar-refractivity contribution is -0.0170. The molecule has 1 saturated heterocycles. The summed E-state index contributed by atoms with van der Waals surface area (Å²) in [7, 11) is -3.47. The molecule has 2 heterocycles. The van der Waals surface area contributed by atoms with Gasteiger partial charge >= 0.3 is 0 Å². The van der Waals surface area contributed by atoms with Gasteiger partial charge in [0.15, 0.2) is 0 Å². The van der Waals surface area contributed by atoms with Crippen LogP contribution in [0.5, 0.6) is 5.75 Å². The van der Waals surface area contributed by atoms with Crippen LogP contribution in [0.25, 0.3) is 0 Å². The Morgan fingerprint density at radius 2 is 2.10 bits per heavy atom. The quantitative estimate of drug-likeness (QED) is 0.828. The SMILES string of the molecule is C[C@@H]1CN(S(=O)(=O)c2ccc3c(c2)CCO3)[C@@H](C)CO1. The maximum Gasteiger partial charge on any atom is 0.243 e. The van der Waals surface area contributed by atoms with Gasteiger partial charge in [-0.05, 0) is 37.6 Å². The molecule has 110 valence electrons. The number of rotatable bonds is 2. The Bertz CT molecular complexity index is 614. The van der Waals surface area contributed by atoms with Gasteiger partial charge in [-0.1, -0.05) is 0 Å². The standard InChI is InChI=1S/C14H19NO4S/c1-10-9-19-11(2)8-15(10)20(16,17)13-3-4-14-12(7-13)5-6-18-14/h3-4,7,10-11H,5-6,8-9H2,1-2H3/t10-,11+/m0/s1. The molecule has 0 radical (unpaired) electrons. The number of hydrogen-bond acceptors (Lipinski definition) is 4. The zero-order valence-electron chi connectivity index (χ0n) is 11.7. The van der Waals surface area contributed by atoms with Gasteiger partial charge in [-0.15, -0.1) is 0 Å². The minimum atomic E-state index is -3.47. The lowest BCUT2D eigenvalue weighted by Crippen LogP contribution is -2.50. The van der Waals surface area contributed by atoms with Crippen LogP contribution in [0.4, 0.5) is 0 Å². The number of benzene rings is 1. The van der Waals surface area contributed by atoms with Crippen molar-refractivity contribution in [1.29, 1.82) is 0 Å². The third kappa shape index (κ3) is 2.32. The minimum Gasteiger partial charge on any atom is -0.493 e. The topological polar surface area (TPSA) is 55.8 Å². The first-order valence-corrected chi connectivity index (χ1v) is 8.31. The second kappa shape index (κ2) is 5.02. The first-order chi connectivity index (χ1) is 9.48. The Balaban J connectivity index is 1.95. The Morgan fingerprint density at radius 3 is 2.90 bits per heavy atom. The third-order valence-electron chi connectivity index (χ3n) is 3.82. The van der Waals surface area contributed by atoms with E-state index in [1.54, 1.807) is 22.5 Å². The summed E-state index contributed by atoms with van der Waals surface area (Å²) in [5, 5.41) is 0. The fourth-order valence-corrected chi connectivity index (χ4v) is 4.41. The van der Waals surface area contributed by atoms with Crippen LogP contribution in [-0.2, 0) is 21.2 Å². The Hall–Kier alpha value is -1.11. The first-order valence-electron chi connectivity index (χ1n) is 6.87. The van der Waals surface area contributed by atoms with E-state index in [-0.39, 0.29) is 12.1 Å². The summed E-state index contributed by atoms with van der Waals surface area (Å²) in [5.41, 5.74) is 0.972. The molecule has 2 aliphatic rings. The molecule has 2 aliphatic heterocycles. The highest BCUT2D eigenvalue weighted by molar-refractivity contribution is 7.89. The van der Waals surface area contributed by atoms with Crippen LogP contribution < -0.4 is 4.74 Å². The first kappa shape index (κ1) is 13.9. The van der Waals surface area contributed by atoms with E-state index < -0.39 is 10.0 Å². The minimum absolute atomic E-state index is 0.0706. The van der Waals surface area contributed by atoms with Gasteiger partial charge in [-0.2, -0.15) is 4.31 Å². The van der Waals surface area contributed by atoms with E-state index in [2.05, 4.69) is 0 Å². The highest BCUT2D eigenvalue weighted by Gasteiger charge is 2.34. The molecule has 0 bridgehead atoms. The van der Waals surface area contributed by atoms with E-state index in [0.29, 0.717) is 24.7 Å². The van der Waals surface area contributed by atoms with Gasteiger partial charge in [0.05, 0.1) is 24.2 Å². The molecule has 0 spiro atoms. The van der Waals surface area contributed by atoms with Crippen molar-refractivity contribution in [2.75, 3.05) is 19.8 Å². The lowest BCUT2D eigenvalue weighted by Gasteiger charge is -2.35. The molecule has 5 nitrogen and oxygen atoms in total. The molecule has 0 amide bonds. The van der Waals surface area contributed by atoms with Gasteiger partial charge in [0.2, 0.25) is 10.0 Å². The van der Waals surface area contributed by atoms with Gasteiger partial charge in [-0.25, -0.2) is 8.42 Å². The zero-order valence-corrected chi connectivity index (χ0v) is 12.5. The average Bonchev–Trinajstić information content (AvgIpc) is 2.88. The molecule has 0 aliphatic carbocycles. The van der Waals surface area contributed by atoms with Crippen molar-refractivity contribution in [3.8, 4) is 5.75 Å². The third-order valence-corrected chi connectivity index (χ3v) is 5.79. The van der Waals surface area contributed by atoms with Crippen LogP contribution in [-0.4, -0.2) is 44.6 Å². The molecule has 0 N–H and O–H groups in total. The van der Waals surface area contributed by atoms with Crippen molar-refractivity contribution >= 4 is 10.0 Å². The fourth-order valence-electron chi connectivity index (χ4n) is 2.67. The summed E-state index contributed by atoms with van der Waals surface area (Å²) in [5.74, 6) is 0.798. The van der Waals surface area contributed by atoms with E-state index in [4.69, 9.17) is 9.47 Å². The number of ether oxygens (including phenoxy) is 2. The van der Waals surface area contributed by atoms with Gasteiger partial charge < -0.3 is 9.47 Å². The lowest BCUT2D eigenvalue weighted by atomic mass is 10.2. The monoisotopic (exact) mass is 297 g/mol. The molecular formula is C14H19NO4S. The second-order valence-corrected chi connectivity index (χ2v) is 7.33. The van der Waals surface area contributed by atoms with Crippen molar-refractivity contribution in [3.05, 3.63) is 23.8 Å². The smallest absolute Gasteiger partial charge is 0.243 e. The number of morpholine rings is 1. The molecule has 0 aromatic heterocycles. The Labute approximate surface area is 119 Å². The summed E-state index contributed by atoms with van der Waals surface area (Å²) in [6.45, 7) is 5.24. The van der Waals surface area contributed by atoms with Crippen LogP contribution in [0.3, 0.4) is 0 Å². The van der Waals surface area contributed by atoms with Crippen LogP contribution in [0.1, 0.15) is 19.4 Å². The number of fused-ring (bicyclic) bond motifs is 1. The van der Waals surface area contributed by atoms with E-state index in [0.717, 1.165) is 17.7 Å². The number of hydrogen-bond donors (Lipinski definition) is 0. The highest BCUT2D eigenvalue weighted by atomic mass is 32.2. The number of sulfonamides is 1. The second-order valence-electron chi connectivity index (χ2n) is 5.44. The Morgan fingerprint density at radius 1 is 1.30 bits per heavy atom. The predicted molar refractivity (Wildman–Crippen MR) is 74.4 cm³/mol. The van der Waals surface area contributed by atoms with Gasteiger partial charge in [0.25, 0.3) is 0 Å². The van der Waals surface area contributed by atoms with Crippen molar-refractivity contribution < 1.29 is 17.9 Å². The maximum atomic E-state index is 12.8. The van der Waals surface area contributed by atoms with E-state index >= 15 is 0 Å². The molecule has 1 aromatic rings. The largest absolute Gasteiger partial charge is 0.493 e. The molecule has 20 heavy (non-hydrogen) atoms. The summed E-state index contributed by atoms with van der Waals surface area (Å²) in [6.07, 6.45) is 0.701. The van der Waals surface area contributed by atoms with E-state index in [9.17, 15) is 8.42 Å². The van der Waals surface area contributed by atoms with Gasteiger partial charge in [0.1, 0.15) is 5.75 Å². The Kier molecular flexibility index (Phi) is 3.48. The van der Waals surface area contributed by atoms with Crippen LogP contribution in [0.2, 0.25) is 0 Å².